The largest absolute Gasteiger partial charge is 0.458 e. The maximum Gasteiger partial charge on any atom is 0.334 e. The van der Waals surface area contributed by atoms with Crippen LogP contribution in [0.2, 0.25) is 0 Å². The second-order valence-electron chi connectivity index (χ2n) is 6.88. The first-order chi connectivity index (χ1) is 8.35. The number of carbonyl (C=O) groups excluding carboxylic acids is 1. The molecule has 0 aromatic carbocycles. The van der Waals surface area contributed by atoms with Crippen molar-refractivity contribution >= 4 is 5.97 Å². The Morgan fingerprint density at radius 1 is 1.33 bits per heavy atom. The van der Waals surface area contributed by atoms with E-state index in [9.17, 15) is 9.90 Å². The van der Waals surface area contributed by atoms with Gasteiger partial charge in [0.25, 0.3) is 0 Å². The monoisotopic (exact) mass is 250 g/mol. The topological polar surface area (TPSA) is 46.5 Å². The molecule has 18 heavy (non-hydrogen) atoms. The smallest absolute Gasteiger partial charge is 0.334 e. The van der Waals surface area contributed by atoms with Gasteiger partial charge in [0.1, 0.15) is 6.10 Å². The fraction of sp³-hybridized carbons (Fsp3) is 0.800. The summed E-state index contributed by atoms with van der Waals surface area (Å²) in [6.45, 7) is 8.03. The molecule has 3 rings (SSSR count). The van der Waals surface area contributed by atoms with Crippen LogP contribution in [0.3, 0.4) is 0 Å². The van der Waals surface area contributed by atoms with E-state index < -0.39 is 5.60 Å². The molecule has 0 aromatic rings. The van der Waals surface area contributed by atoms with Gasteiger partial charge in [-0.2, -0.15) is 0 Å². The zero-order valence-corrected chi connectivity index (χ0v) is 11.2. The van der Waals surface area contributed by atoms with Gasteiger partial charge in [-0.05, 0) is 38.0 Å². The average molecular weight is 250 g/mol. The predicted octanol–water partition coefficient (Wildman–Crippen LogP) is 2.44. The number of rotatable bonds is 0. The highest BCUT2D eigenvalue weighted by atomic mass is 16.6. The summed E-state index contributed by atoms with van der Waals surface area (Å²) in [7, 11) is 0. The highest BCUT2D eigenvalue weighted by Crippen LogP contribution is 2.58. The van der Waals surface area contributed by atoms with Gasteiger partial charge in [0.05, 0.1) is 5.60 Å². The molecule has 3 fully saturated rings. The van der Waals surface area contributed by atoms with Crippen molar-refractivity contribution in [1.82, 2.24) is 0 Å². The van der Waals surface area contributed by atoms with Crippen molar-refractivity contribution in [2.75, 3.05) is 0 Å². The third kappa shape index (κ3) is 1.49. The molecule has 3 aliphatic rings. The number of ether oxygens (including phenoxy) is 1. The minimum atomic E-state index is -0.721. The highest BCUT2D eigenvalue weighted by Gasteiger charge is 2.60. The van der Waals surface area contributed by atoms with Gasteiger partial charge in [-0.15, -0.1) is 0 Å². The lowest BCUT2D eigenvalue weighted by Crippen LogP contribution is -2.57. The molecule has 0 bridgehead atoms. The fourth-order valence-corrected chi connectivity index (χ4v) is 4.70. The van der Waals surface area contributed by atoms with Gasteiger partial charge < -0.3 is 9.84 Å². The Morgan fingerprint density at radius 3 is 2.78 bits per heavy atom. The van der Waals surface area contributed by atoms with Gasteiger partial charge in [0, 0.05) is 17.4 Å². The van der Waals surface area contributed by atoms with E-state index in [1.165, 1.54) is 0 Å². The molecule has 1 N–H and O–H groups in total. The summed E-state index contributed by atoms with van der Waals surface area (Å²) < 4.78 is 5.55. The quantitative estimate of drug-likeness (QED) is 0.530. The van der Waals surface area contributed by atoms with Gasteiger partial charge in [0.2, 0.25) is 0 Å². The zero-order chi connectivity index (χ0) is 13.1. The molecule has 1 saturated heterocycles. The average Bonchev–Trinajstić information content (AvgIpc) is 2.52. The number of hydrogen-bond acceptors (Lipinski definition) is 3. The third-order valence-electron chi connectivity index (χ3n) is 5.56. The lowest BCUT2D eigenvalue weighted by Gasteiger charge is -2.55. The Hall–Kier alpha value is -0.830. The van der Waals surface area contributed by atoms with E-state index in [2.05, 4.69) is 13.5 Å². The molecule has 3 heteroatoms. The van der Waals surface area contributed by atoms with E-state index in [-0.39, 0.29) is 29.3 Å². The van der Waals surface area contributed by atoms with Crippen LogP contribution in [0.1, 0.15) is 46.0 Å². The van der Waals surface area contributed by atoms with Crippen molar-refractivity contribution in [3.05, 3.63) is 12.2 Å². The standard InChI is InChI=1S/C15H22O3/c1-9-10-5-8-14(2)6-4-7-15(3,17)12(14)11(10)18-13(9)16/h10-12,17H,1,4-8H2,2-3H3. The van der Waals surface area contributed by atoms with Crippen molar-refractivity contribution in [1.29, 1.82) is 0 Å². The van der Waals surface area contributed by atoms with Crippen LogP contribution in [0.5, 0.6) is 0 Å². The number of fused-ring (bicyclic) bond motifs is 3. The number of carbonyl (C=O) groups is 1. The van der Waals surface area contributed by atoms with Gasteiger partial charge in [0.15, 0.2) is 0 Å². The summed E-state index contributed by atoms with van der Waals surface area (Å²) in [5, 5.41) is 10.7. The van der Waals surface area contributed by atoms with Crippen molar-refractivity contribution in [3.8, 4) is 0 Å². The van der Waals surface area contributed by atoms with E-state index in [4.69, 9.17) is 4.74 Å². The maximum absolute atomic E-state index is 11.7. The molecule has 2 saturated carbocycles. The first-order valence-electron chi connectivity index (χ1n) is 6.97. The van der Waals surface area contributed by atoms with Gasteiger partial charge in [-0.3, -0.25) is 0 Å². The minimum absolute atomic E-state index is 0.0562. The second kappa shape index (κ2) is 3.60. The number of aliphatic hydroxyl groups is 1. The van der Waals surface area contributed by atoms with Crippen molar-refractivity contribution < 1.29 is 14.6 Å². The molecule has 5 atom stereocenters. The van der Waals surface area contributed by atoms with E-state index in [0.29, 0.717) is 5.57 Å². The molecular weight excluding hydrogens is 228 g/mol. The molecule has 5 unspecified atom stereocenters. The van der Waals surface area contributed by atoms with Crippen LogP contribution in [0.15, 0.2) is 12.2 Å². The SMILES string of the molecule is C=C1C(=O)OC2C1CCC1(C)CCCC(C)(O)C21. The van der Waals surface area contributed by atoms with E-state index in [0.717, 1.165) is 32.1 Å². The minimum Gasteiger partial charge on any atom is -0.458 e. The maximum atomic E-state index is 11.7. The van der Waals surface area contributed by atoms with Crippen LogP contribution < -0.4 is 0 Å². The molecule has 100 valence electrons. The third-order valence-corrected chi connectivity index (χ3v) is 5.56. The van der Waals surface area contributed by atoms with Crippen LogP contribution in [0, 0.1) is 17.3 Å². The van der Waals surface area contributed by atoms with E-state index >= 15 is 0 Å². The molecule has 0 amide bonds. The van der Waals surface area contributed by atoms with Crippen LogP contribution in [-0.4, -0.2) is 22.8 Å². The fourth-order valence-electron chi connectivity index (χ4n) is 4.70. The Morgan fingerprint density at radius 2 is 2.06 bits per heavy atom. The molecule has 3 nitrogen and oxygen atoms in total. The lowest BCUT2D eigenvalue weighted by molar-refractivity contribution is -0.181. The molecular formula is C15H22O3. The Balaban J connectivity index is 2.00. The Bertz CT molecular complexity index is 412. The predicted molar refractivity (Wildman–Crippen MR) is 67.8 cm³/mol. The summed E-state index contributed by atoms with van der Waals surface area (Å²) in [5.74, 6) is -0.0727. The molecule has 0 radical (unpaired) electrons. The van der Waals surface area contributed by atoms with Gasteiger partial charge in [-0.25, -0.2) is 4.79 Å². The highest BCUT2D eigenvalue weighted by molar-refractivity contribution is 5.90. The first kappa shape index (κ1) is 12.2. The number of hydrogen-bond donors (Lipinski definition) is 1. The van der Waals surface area contributed by atoms with Crippen LogP contribution in [0.4, 0.5) is 0 Å². The second-order valence-corrected chi connectivity index (χ2v) is 6.88. The van der Waals surface area contributed by atoms with Crippen molar-refractivity contribution in [2.24, 2.45) is 17.3 Å². The zero-order valence-electron chi connectivity index (χ0n) is 11.2. The normalized spacial score (nSPS) is 51.6. The molecule has 0 spiro atoms. The van der Waals surface area contributed by atoms with Crippen LogP contribution in [0.25, 0.3) is 0 Å². The van der Waals surface area contributed by atoms with Crippen molar-refractivity contribution in [3.63, 3.8) is 0 Å². The Labute approximate surface area is 108 Å². The Kier molecular flexibility index (Phi) is 2.44. The van der Waals surface area contributed by atoms with Crippen LogP contribution >= 0.6 is 0 Å². The summed E-state index contributed by atoms with van der Waals surface area (Å²) in [6.07, 6.45) is 4.87. The molecule has 1 aliphatic heterocycles. The summed E-state index contributed by atoms with van der Waals surface area (Å²) >= 11 is 0. The summed E-state index contributed by atoms with van der Waals surface area (Å²) in [5.41, 5.74) is -0.00174. The van der Waals surface area contributed by atoms with E-state index in [1.807, 2.05) is 6.92 Å². The molecule has 2 aliphatic carbocycles. The van der Waals surface area contributed by atoms with Crippen LogP contribution in [-0.2, 0) is 9.53 Å². The number of esters is 1. The first-order valence-corrected chi connectivity index (χ1v) is 6.97. The summed E-state index contributed by atoms with van der Waals surface area (Å²) in [4.78, 5) is 11.7. The lowest BCUT2D eigenvalue weighted by atomic mass is 9.52. The van der Waals surface area contributed by atoms with Gasteiger partial charge >= 0.3 is 5.97 Å². The van der Waals surface area contributed by atoms with E-state index in [1.54, 1.807) is 0 Å². The van der Waals surface area contributed by atoms with Gasteiger partial charge in [-0.1, -0.05) is 19.9 Å². The molecule has 1 heterocycles. The molecule has 0 aromatic heterocycles. The van der Waals surface area contributed by atoms with Crippen molar-refractivity contribution in [2.45, 2.75) is 57.7 Å². The summed E-state index contributed by atoms with van der Waals surface area (Å²) in [6, 6.07) is 0.